The first-order chi connectivity index (χ1) is 7.63. The second-order valence-corrected chi connectivity index (χ2v) is 4.45. The van der Waals surface area contributed by atoms with Gasteiger partial charge in [-0.3, -0.25) is 0 Å². The van der Waals surface area contributed by atoms with E-state index in [9.17, 15) is 0 Å². The molecule has 0 saturated carbocycles. The van der Waals surface area contributed by atoms with Crippen LogP contribution in [-0.2, 0) is 0 Å². The number of nitrogens with zero attached hydrogens (tertiary/aromatic N) is 3. The molecule has 1 aromatic heterocycles. The molecule has 1 rings (SSSR count). The molecule has 4 nitrogen and oxygen atoms in total. The largest absolute Gasteiger partial charge is 0.478 e. The van der Waals surface area contributed by atoms with Crippen LogP contribution in [0.15, 0.2) is 12.3 Å². The predicted molar refractivity (Wildman–Crippen MR) is 66.4 cm³/mol. The van der Waals surface area contributed by atoms with Crippen LogP contribution in [0.4, 0.5) is 5.95 Å². The molecule has 0 N–H and O–H groups in total. The lowest BCUT2D eigenvalue weighted by Gasteiger charge is -2.18. The van der Waals surface area contributed by atoms with E-state index in [2.05, 4.69) is 16.9 Å². The molecule has 1 aromatic rings. The molecule has 0 bridgehead atoms. The van der Waals surface area contributed by atoms with Gasteiger partial charge in [0.15, 0.2) is 0 Å². The van der Waals surface area contributed by atoms with Crippen molar-refractivity contribution in [2.24, 2.45) is 0 Å². The average Bonchev–Trinajstić information content (AvgIpc) is 2.26. The Bertz CT molecular complexity index is 320. The van der Waals surface area contributed by atoms with E-state index in [1.54, 1.807) is 12.3 Å². The summed E-state index contributed by atoms with van der Waals surface area (Å²) in [4.78, 5) is 10.4. The van der Waals surface area contributed by atoms with Gasteiger partial charge in [0.05, 0.1) is 6.61 Å². The van der Waals surface area contributed by atoms with Crippen LogP contribution in [0.2, 0.25) is 0 Å². The van der Waals surface area contributed by atoms with Gasteiger partial charge in [-0.05, 0) is 13.3 Å². The van der Waals surface area contributed by atoms with Crippen LogP contribution in [0.3, 0.4) is 0 Å². The number of aromatic nitrogens is 2. The topological polar surface area (TPSA) is 38.2 Å². The summed E-state index contributed by atoms with van der Waals surface area (Å²) >= 11 is 5.92. The second-order valence-electron chi connectivity index (χ2n) is 3.70. The van der Waals surface area contributed by atoms with Crippen molar-refractivity contribution < 1.29 is 4.74 Å². The van der Waals surface area contributed by atoms with Gasteiger partial charge >= 0.3 is 0 Å². The summed E-state index contributed by atoms with van der Waals surface area (Å²) in [6.45, 7) is 5.38. The molecular weight excluding hydrogens is 226 g/mol. The highest BCUT2D eigenvalue weighted by atomic mass is 35.5. The van der Waals surface area contributed by atoms with Gasteiger partial charge in [-0.1, -0.05) is 6.92 Å². The Kier molecular flexibility index (Phi) is 5.32. The first-order valence-electron chi connectivity index (χ1n) is 5.44. The van der Waals surface area contributed by atoms with Gasteiger partial charge in [-0.15, -0.1) is 11.6 Å². The maximum atomic E-state index is 5.92. The fourth-order valence-corrected chi connectivity index (χ4v) is 1.47. The Morgan fingerprint density at radius 2 is 2.31 bits per heavy atom. The van der Waals surface area contributed by atoms with Gasteiger partial charge in [0.25, 0.3) is 0 Å². The second kappa shape index (κ2) is 6.53. The average molecular weight is 244 g/mol. The normalized spacial score (nSPS) is 12.2. The third kappa shape index (κ3) is 4.23. The van der Waals surface area contributed by atoms with Crippen LogP contribution >= 0.6 is 11.6 Å². The summed E-state index contributed by atoms with van der Waals surface area (Å²) in [7, 11) is 1.91. The summed E-state index contributed by atoms with van der Waals surface area (Å²) in [5.41, 5.74) is 0. The fraction of sp³-hybridized carbons (Fsp3) is 0.636. The van der Waals surface area contributed by atoms with Gasteiger partial charge in [0.2, 0.25) is 11.8 Å². The summed E-state index contributed by atoms with van der Waals surface area (Å²) in [5.74, 6) is 1.25. The van der Waals surface area contributed by atoms with Gasteiger partial charge < -0.3 is 9.64 Å². The maximum absolute atomic E-state index is 5.92. The molecule has 1 atom stereocenters. The van der Waals surface area contributed by atoms with Gasteiger partial charge in [0, 0.05) is 31.2 Å². The van der Waals surface area contributed by atoms with Crippen molar-refractivity contribution in [3.05, 3.63) is 12.3 Å². The van der Waals surface area contributed by atoms with E-state index < -0.39 is 0 Å². The van der Waals surface area contributed by atoms with Crippen molar-refractivity contribution in [1.29, 1.82) is 0 Å². The molecule has 16 heavy (non-hydrogen) atoms. The zero-order chi connectivity index (χ0) is 12.0. The van der Waals surface area contributed by atoms with Crippen molar-refractivity contribution in [3.63, 3.8) is 0 Å². The molecule has 0 saturated heterocycles. The molecule has 0 radical (unpaired) electrons. The summed E-state index contributed by atoms with van der Waals surface area (Å²) in [6.07, 6.45) is 2.66. The smallest absolute Gasteiger partial charge is 0.228 e. The molecule has 0 aliphatic heterocycles. The molecule has 0 spiro atoms. The minimum Gasteiger partial charge on any atom is -0.478 e. The van der Waals surface area contributed by atoms with Crippen LogP contribution in [-0.4, -0.2) is 35.5 Å². The number of hydrogen-bond donors (Lipinski definition) is 0. The van der Waals surface area contributed by atoms with Crippen LogP contribution < -0.4 is 9.64 Å². The molecule has 5 heteroatoms. The SMILES string of the molecule is CCCOc1ccnc(N(C)CC(C)Cl)n1. The number of anilines is 1. The van der Waals surface area contributed by atoms with Crippen LogP contribution in [0.5, 0.6) is 5.88 Å². The van der Waals surface area contributed by atoms with E-state index in [-0.39, 0.29) is 5.38 Å². The Morgan fingerprint density at radius 3 is 2.94 bits per heavy atom. The summed E-state index contributed by atoms with van der Waals surface area (Å²) in [5, 5.41) is 0.0637. The van der Waals surface area contributed by atoms with Gasteiger partial charge in [0.1, 0.15) is 0 Å². The van der Waals surface area contributed by atoms with Crippen LogP contribution in [0, 0.1) is 0 Å². The highest BCUT2D eigenvalue weighted by molar-refractivity contribution is 6.20. The molecule has 1 heterocycles. The predicted octanol–water partition coefficient (Wildman–Crippen LogP) is 2.33. The summed E-state index contributed by atoms with van der Waals surface area (Å²) in [6, 6.07) is 1.76. The van der Waals surface area contributed by atoms with E-state index in [1.165, 1.54) is 0 Å². The fourth-order valence-electron chi connectivity index (χ4n) is 1.26. The molecule has 90 valence electrons. The number of hydrogen-bond acceptors (Lipinski definition) is 4. The highest BCUT2D eigenvalue weighted by Crippen LogP contribution is 2.12. The quantitative estimate of drug-likeness (QED) is 0.719. The standard InChI is InChI=1S/C11H18ClN3O/c1-4-7-16-10-5-6-13-11(14-10)15(3)8-9(2)12/h5-6,9H,4,7-8H2,1-3H3. The van der Waals surface area contributed by atoms with Crippen LogP contribution in [0.1, 0.15) is 20.3 Å². The first-order valence-corrected chi connectivity index (χ1v) is 5.88. The third-order valence-corrected chi connectivity index (χ3v) is 2.08. The minimum atomic E-state index is 0.0637. The van der Waals surface area contributed by atoms with Gasteiger partial charge in [-0.25, -0.2) is 4.98 Å². The number of rotatable bonds is 6. The van der Waals surface area contributed by atoms with Crippen molar-refractivity contribution in [2.75, 3.05) is 25.1 Å². The molecular formula is C11H18ClN3O. The van der Waals surface area contributed by atoms with Crippen molar-refractivity contribution >= 4 is 17.5 Å². The van der Waals surface area contributed by atoms with E-state index in [1.807, 2.05) is 18.9 Å². The Balaban J connectivity index is 2.65. The monoisotopic (exact) mass is 243 g/mol. The lowest BCUT2D eigenvalue weighted by molar-refractivity contribution is 0.305. The molecule has 0 fully saturated rings. The maximum Gasteiger partial charge on any atom is 0.228 e. The Hall–Kier alpha value is -1.03. The molecule has 0 aromatic carbocycles. The Morgan fingerprint density at radius 1 is 1.56 bits per heavy atom. The molecule has 0 aliphatic rings. The Labute approximate surface area is 102 Å². The van der Waals surface area contributed by atoms with E-state index >= 15 is 0 Å². The van der Waals surface area contributed by atoms with Crippen molar-refractivity contribution in [3.8, 4) is 5.88 Å². The molecule has 1 unspecified atom stereocenters. The van der Waals surface area contributed by atoms with Gasteiger partial charge in [-0.2, -0.15) is 4.98 Å². The lowest BCUT2D eigenvalue weighted by atomic mass is 10.4. The number of halogens is 1. The summed E-state index contributed by atoms with van der Waals surface area (Å²) < 4.78 is 5.44. The highest BCUT2D eigenvalue weighted by Gasteiger charge is 2.08. The number of ether oxygens (including phenoxy) is 1. The number of alkyl halides is 1. The van der Waals surface area contributed by atoms with E-state index in [4.69, 9.17) is 16.3 Å². The van der Waals surface area contributed by atoms with Crippen molar-refractivity contribution in [1.82, 2.24) is 9.97 Å². The first kappa shape index (κ1) is 13.0. The van der Waals surface area contributed by atoms with E-state index in [0.717, 1.165) is 6.42 Å². The zero-order valence-electron chi connectivity index (χ0n) is 9.98. The molecule has 0 amide bonds. The third-order valence-electron chi connectivity index (χ3n) is 1.94. The van der Waals surface area contributed by atoms with E-state index in [0.29, 0.717) is 25.0 Å². The zero-order valence-corrected chi connectivity index (χ0v) is 10.7. The minimum absolute atomic E-state index is 0.0637. The molecule has 0 aliphatic carbocycles. The van der Waals surface area contributed by atoms with Crippen LogP contribution in [0.25, 0.3) is 0 Å². The van der Waals surface area contributed by atoms with Crippen molar-refractivity contribution in [2.45, 2.75) is 25.6 Å². The lowest BCUT2D eigenvalue weighted by Crippen LogP contribution is -2.26.